The smallest absolute Gasteiger partial charge is 0.417 e. The van der Waals surface area contributed by atoms with Crippen LogP contribution in [-0.2, 0) is 14.2 Å². The van der Waals surface area contributed by atoms with Crippen molar-refractivity contribution in [3.8, 4) is 0 Å². The lowest BCUT2D eigenvalue weighted by Crippen LogP contribution is -2.77. The van der Waals surface area contributed by atoms with Crippen LogP contribution in [0.4, 0.5) is 28.8 Å². The molecule has 5 heterocycles. The molecule has 9 rings (SSSR count). The SMILES string of the molecule is NCC1CCC(CNC(=O)[N+]2(C3(COC(=O)N4CCC(CNC(=O)N5CCC(CN)CC5)CC4)CCC(COC(=O)N4CCC(CNC(=O)N5CCC(CN)CC5)CC4)CC3)CCN(C(=O)OC3C4CCCCC43)CC2)CC1. The van der Waals surface area contributed by atoms with E-state index in [1.54, 1.807) is 14.7 Å². The van der Waals surface area contributed by atoms with Gasteiger partial charge in [-0.3, -0.25) is 4.90 Å². The lowest BCUT2D eigenvalue weighted by Gasteiger charge is -2.55. The van der Waals surface area contributed by atoms with Crippen LogP contribution in [0, 0.1) is 53.3 Å². The number of fused-ring (bicyclic) bond motifs is 1. The number of rotatable bonds is 15. The quantitative estimate of drug-likeness (QED) is 0.0902. The summed E-state index contributed by atoms with van der Waals surface area (Å²) in [4.78, 5) is 92.0. The number of carbonyl (C=O) groups excluding carboxylic acids is 6. The highest BCUT2D eigenvalue weighted by Crippen LogP contribution is 2.52. The Bertz CT molecular complexity index is 1970. The minimum absolute atomic E-state index is 0.0104. The van der Waals surface area contributed by atoms with E-state index >= 15 is 4.79 Å². The average molecular weight is 1100 g/mol. The van der Waals surface area contributed by atoms with Crippen molar-refractivity contribution in [2.45, 2.75) is 140 Å². The van der Waals surface area contributed by atoms with Gasteiger partial charge in [0.25, 0.3) is 0 Å². The number of carbonyl (C=O) groups is 6. The number of quaternary nitrogens is 1. The predicted molar refractivity (Wildman–Crippen MR) is 295 cm³/mol. The van der Waals surface area contributed by atoms with Crippen molar-refractivity contribution >= 4 is 36.4 Å². The second-order valence-electron chi connectivity index (χ2n) is 25.5. The Hall–Kier alpha value is -4.34. The second-order valence-corrected chi connectivity index (χ2v) is 25.5. The van der Waals surface area contributed by atoms with Crippen molar-refractivity contribution in [1.82, 2.24) is 40.4 Å². The molecule has 5 saturated heterocycles. The van der Waals surface area contributed by atoms with Crippen LogP contribution in [-0.4, -0.2) is 208 Å². The van der Waals surface area contributed by atoms with E-state index in [4.69, 9.17) is 31.4 Å². The maximum atomic E-state index is 15.3. The first-order valence-corrected chi connectivity index (χ1v) is 31.0. The maximum absolute atomic E-state index is 15.3. The number of amides is 9. The molecule has 9 fully saturated rings. The molecule has 0 spiro atoms. The fourth-order valence-corrected chi connectivity index (χ4v) is 14.9. The third-order valence-electron chi connectivity index (χ3n) is 21.0. The molecule has 5 aliphatic heterocycles. The molecular formula is C57H99N12O9+. The highest BCUT2D eigenvalue weighted by Gasteiger charge is 2.60. The van der Waals surface area contributed by atoms with E-state index in [2.05, 4.69) is 16.0 Å². The summed E-state index contributed by atoms with van der Waals surface area (Å²) in [5.41, 5.74) is 17.0. The van der Waals surface area contributed by atoms with Gasteiger partial charge in [0, 0.05) is 96.7 Å². The number of ether oxygens (including phenoxy) is 3. The monoisotopic (exact) mass is 1100 g/mol. The number of hydrogen-bond donors (Lipinski definition) is 6. The molecule has 78 heavy (non-hydrogen) atoms. The van der Waals surface area contributed by atoms with E-state index < -0.39 is 11.6 Å². The molecule has 21 heteroatoms. The summed E-state index contributed by atoms with van der Waals surface area (Å²) in [5.74, 6) is 3.35. The number of likely N-dealkylation sites (tertiary alicyclic amines) is 4. The third-order valence-corrected chi connectivity index (χ3v) is 21.0. The maximum Gasteiger partial charge on any atom is 0.417 e. The molecule has 9 aliphatic rings. The van der Waals surface area contributed by atoms with E-state index in [1.807, 2.05) is 9.80 Å². The summed E-state index contributed by atoms with van der Waals surface area (Å²) in [6.07, 6.45) is 17.0. The van der Waals surface area contributed by atoms with Crippen LogP contribution in [0.15, 0.2) is 0 Å². The van der Waals surface area contributed by atoms with Crippen LogP contribution in [0.2, 0.25) is 0 Å². The van der Waals surface area contributed by atoms with Crippen LogP contribution in [0.25, 0.3) is 0 Å². The summed E-state index contributed by atoms with van der Waals surface area (Å²) in [6, 6.07) is -0.136. The van der Waals surface area contributed by atoms with Crippen LogP contribution < -0.4 is 33.2 Å². The summed E-state index contributed by atoms with van der Waals surface area (Å²) in [7, 11) is 0. The van der Waals surface area contributed by atoms with Crippen LogP contribution in [0.3, 0.4) is 0 Å². The van der Waals surface area contributed by atoms with Gasteiger partial charge in [-0.15, -0.1) is 0 Å². The molecule has 440 valence electrons. The first-order valence-electron chi connectivity index (χ1n) is 31.0. The zero-order chi connectivity index (χ0) is 54.7. The number of piperazine rings is 1. The Labute approximate surface area is 464 Å². The number of nitrogens with two attached hydrogens (primary N) is 3. The zero-order valence-electron chi connectivity index (χ0n) is 47.1. The van der Waals surface area contributed by atoms with E-state index in [0.29, 0.717) is 153 Å². The van der Waals surface area contributed by atoms with Gasteiger partial charge in [0.05, 0.1) is 19.7 Å². The lowest BCUT2D eigenvalue weighted by molar-refractivity contribution is -0.910. The topological polar surface area (TPSA) is 260 Å². The summed E-state index contributed by atoms with van der Waals surface area (Å²) < 4.78 is 18.7. The fraction of sp³-hybridized carbons (Fsp3) is 0.895. The van der Waals surface area contributed by atoms with Gasteiger partial charge in [-0.1, -0.05) is 12.8 Å². The molecule has 2 atom stereocenters. The van der Waals surface area contributed by atoms with Crippen molar-refractivity contribution in [3.63, 3.8) is 0 Å². The molecule has 9 N–H and O–H groups in total. The van der Waals surface area contributed by atoms with E-state index in [1.165, 1.54) is 12.8 Å². The second kappa shape index (κ2) is 27.4. The largest absolute Gasteiger partial charge is 0.449 e. The Morgan fingerprint density at radius 2 is 0.833 bits per heavy atom. The predicted octanol–water partition coefficient (Wildman–Crippen LogP) is 5.31. The van der Waals surface area contributed by atoms with Crippen molar-refractivity contribution in [1.29, 1.82) is 0 Å². The average Bonchev–Trinajstić information content (AvgIpc) is 4.31. The minimum Gasteiger partial charge on any atom is -0.449 e. The van der Waals surface area contributed by atoms with Gasteiger partial charge >= 0.3 is 36.4 Å². The number of piperidine rings is 4. The molecule has 21 nitrogen and oxygen atoms in total. The van der Waals surface area contributed by atoms with Crippen molar-refractivity contribution in [3.05, 3.63) is 0 Å². The van der Waals surface area contributed by atoms with Crippen LogP contribution >= 0.6 is 0 Å². The van der Waals surface area contributed by atoms with Gasteiger partial charge in [0.15, 0.2) is 0 Å². The molecular weight excluding hydrogens is 997 g/mol. The summed E-state index contributed by atoms with van der Waals surface area (Å²) >= 11 is 0. The summed E-state index contributed by atoms with van der Waals surface area (Å²) in [5, 5.41) is 9.72. The van der Waals surface area contributed by atoms with Crippen molar-refractivity contribution in [2.75, 3.05) is 131 Å². The molecule has 9 amide bonds. The third kappa shape index (κ3) is 14.4. The first-order chi connectivity index (χ1) is 37.9. The first kappa shape index (κ1) is 58.3. The number of hydrogen-bond acceptors (Lipinski definition) is 12. The van der Waals surface area contributed by atoms with Gasteiger partial charge in [0.1, 0.15) is 31.3 Å². The number of nitrogens with zero attached hydrogens (tertiary/aromatic N) is 6. The van der Waals surface area contributed by atoms with Gasteiger partial charge < -0.3 is 67.0 Å². The number of urea groups is 3. The highest BCUT2D eigenvalue weighted by molar-refractivity contribution is 5.75. The molecule has 0 aromatic carbocycles. The minimum atomic E-state index is -0.793. The normalized spacial score (nSPS) is 30.4. The Morgan fingerprint density at radius 3 is 1.32 bits per heavy atom. The molecule has 0 aromatic rings. The standard InChI is InChI=1S/C57H98N12O9/c58-33-41-5-7-44(8-6-41)38-63-53(72)69(31-29-68(30-32-69)56(75)78-50-48-3-1-2-4-49(48)50)57(40-77-55(74)67-27-17-46(18-28-67)37-62-52(71)65-23-13-43(35-60)14-24-65)19-9-47(10-20-57)39-76-54(73)66-25-15-45(16-26-66)36-61-51(70)64-21-11-42(34-59)12-22-64/h41-50H,1-40,58-60H2,(H2-,61,62,63,70,71,72)/p+1. The molecule has 2 unspecified atom stereocenters. The molecule has 4 saturated carbocycles. The Morgan fingerprint density at radius 1 is 0.436 bits per heavy atom. The van der Waals surface area contributed by atoms with Crippen LogP contribution in [0.1, 0.15) is 128 Å². The molecule has 0 aromatic heterocycles. The van der Waals surface area contributed by atoms with E-state index in [9.17, 15) is 24.0 Å². The van der Waals surface area contributed by atoms with Gasteiger partial charge in [-0.2, -0.15) is 0 Å². The van der Waals surface area contributed by atoms with E-state index in [0.717, 1.165) is 116 Å². The van der Waals surface area contributed by atoms with Gasteiger partial charge in [-0.25, -0.2) is 33.3 Å². The lowest BCUT2D eigenvalue weighted by atomic mass is 9.74. The molecule has 0 bridgehead atoms. The fourth-order valence-electron chi connectivity index (χ4n) is 14.9. The van der Waals surface area contributed by atoms with E-state index in [-0.39, 0.29) is 71.8 Å². The van der Waals surface area contributed by atoms with Crippen LogP contribution in [0.5, 0.6) is 0 Å². The van der Waals surface area contributed by atoms with Crippen molar-refractivity contribution in [2.24, 2.45) is 70.5 Å². The molecule has 0 radical (unpaired) electrons. The number of nitrogens with one attached hydrogen (secondary N) is 3. The van der Waals surface area contributed by atoms with Crippen molar-refractivity contribution < 1.29 is 47.5 Å². The Balaban J connectivity index is 0.819. The zero-order valence-corrected chi connectivity index (χ0v) is 47.1. The Kier molecular flexibility index (Phi) is 20.5. The van der Waals surface area contributed by atoms with Gasteiger partial charge in [0.2, 0.25) is 0 Å². The molecule has 4 aliphatic carbocycles. The summed E-state index contributed by atoms with van der Waals surface area (Å²) in [6.45, 7) is 10.5. The highest BCUT2D eigenvalue weighted by atomic mass is 16.6. The van der Waals surface area contributed by atoms with Gasteiger partial charge in [-0.05, 0) is 164 Å².